The molecule has 1 amide bonds. The second kappa shape index (κ2) is 7.48. The molecule has 0 saturated carbocycles. The third-order valence-corrected chi connectivity index (χ3v) is 8.94. The predicted octanol–water partition coefficient (Wildman–Crippen LogP) is 4.62. The molecule has 124 valence electrons. The second-order valence-corrected chi connectivity index (χ2v) is 12.0. The number of anilines is 1. The molecule has 0 aliphatic heterocycles. The van der Waals surface area contributed by atoms with E-state index in [0.29, 0.717) is 36.1 Å². The summed E-state index contributed by atoms with van der Waals surface area (Å²) in [4.78, 5) is 10.6. The van der Waals surface area contributed by atoms with Crippen LogP contribution in [0.25, 0.3) is 0 Å². The lowest BCUT2D eigenvalue weighted by atomic mass is 10.2. The molecule has 0 bridgehead atoms. The van der Waals surface area contributed by atoms with Crippen molar-refractivity contribution in [2.75, 3.05) is 18.5 Å². The van der Waals surface area contributed by atoms with Gasteiger partial charge in [0, 0.05) is 11.8 Å². The van der Waals surface area contributed by atoms with Crippen molar-refractivity contribution in [3.63, 3.8) is 0 Å². The number of benzene rings is 1. The lowest BCUT2D eigenvalue weighted by Crippen LogP contribution is -2.41. The Morgan fingerprint density at radius 1 is 1.27 bits per heavy atom. The number of hydrogen-bond acceptors (Lipinski definition) is 3. The average Bonchev–Trinajstić information content (AvgIpc) is 2.38. The molecule has 1 rings (SSSR count). The van der Waals surface area contributed by atoms with Crippen LogP contribution in [0.4, 0.5) is 5.69 Å². The van der Waals surface area contributed by atoms with E-state index in [1.165, 1.54) is 0 Å². The predicted molar refractivity (Wildman–Crippen MR) is 94.5 cm³/mol. The summed E-state index contributed by atoms with van der Waals surface area (Å²) in [5.74, 6) is 0.551. The van der Waals surface area contributed by atoms with Crippen LogP contribution < -0.4 is 10.1 Å². The molecular formula is C16H26ClNO3Si. The van der Waals surface area contributed by atoms with E-state index in [4.69, 9.17) is 20.8 Å². The van der Waals surface area contributed by atoms with Gasteiger partial charge < -0.3 is 14.5 Å². The maximum Gasteiger partial charge on any atom is 0.211 e. The fraction of sp³-hybridized carbons (Fsp3) is 0.562. The van der Waals surface area contributed by atoms with E-state index in [2.05, 4.69) is 39.2 Å². The summed E-state index contributed by atoms with van der Waals surface area (Å²) in [5, 5.41) is 3.34. The molecular weight excluding hydrogens is 318 g/mol. The monoisotopic (exact) mass is 343 g/mol. The molecule has 0 saturated heterocycles. The Labute approximate surface area is 139 Å². The van der Waals surface area contributed by atoms with Crippen molar-refractivity contribution in [1.82, 2.24) is 0 Å². The van der Waals surface area contributed by atoms with Crippen LogP contribution >= 0.6 is 11.6 Å². The van der Waals surface area contributed by atoms with Gasteiger partial charge in [0.05, 0.1) is 11.6 Å². The molecule has 0 fully saturated rings. The molecule has 1 aromatic rings. The first-order chi connectivity index (χ1) is 10.1. The van der Waals surface area contributed by atoms with E-state index in [1.54, 1.807) is 12.1 Å². The Balaban J connectivity index is 2.62. The van der Waals surface area contributed by atoms with E-state index in [-0.39, 0.29) is 5.04 Å². The molecule has 22 heavy (non-hydrogen) atoms. The highest BCUT2D eigenvalue weighted by atomic mass is 35.5. The molecule has 0 aromatic heterocycles. The molecule has 6 heteroatoms. The number of carbonyl (C=O) groups excluding carboxylic acids is 1. The fourth-order valence-corrected chi connectivity index (χ4v) is 2.95. The van der Waals surface area contributed by atoms with Crippen LogP contribution in [0.5, 0.6) is 5.75 Å². The molecule has 0 spiro atoms. The minimum Gasteiger partial charge on any atom is -0.490 e. The first kappa shape index (κ1) is 19.0. The summed E-state index contributed by atoms with van der Waals surface area (Å²) in [7, 11) is -1.76. The number of amides is 1. The Kier molecular flexibility index (Phi) is 6.46. The molecule has 0 atom stereocenters. The van der Waals surface area contributed by atoms with Crippen molar-refractivity contribution in [3.8, 4) is 5.75 Å². The highest BCUT2D eigenvalue weighted by Gasteiger charge is 2.36. The van der Waals surface area contributed by atoms with Gasteiger partial charge in [0.2, 0.25) is 6.41 Å². The van der Waals surface area contributed by atoms with E-state index >= 15 is 0 Å². The van der Waals surface area contributed by atoms with Gasteiger partial charge in [-0.1, -0.05) is 32.4 Å². The molecule has 0 radical (unpaired) electrons. The summed E-state index contributed by atoms with van der Waals surface area (Å²) < 4.78 is 11.8. The van der Waals surface area contributed by atoms with E-state index in [9.17, 15) is 4.79 Å². The Bertz CT molecular complexity index is 527. The van der Waals surface area contributed by atoms with Crippen LogP contribution in [0, 0.1) is 6.92 Å². The number of nitrogens with one attached hydrogen (secondary N) is 1. The maximum atomic E-state index is 10.6. The number of aryl methyl sites for hydroxylation is 1. The van der Waals surface area contributed by atoms with Crippen molar-refractivity contribution in [2.24, 2.45) is 0 Å². The first-order valence-corrected chi connectivity index (χ1v) is 10.6. The van der Waals surface area contributed by atoms with Crippen LogP contribution in [-0.2, 0) is 9.22 Å². The van der Waals surface area contributed by atoms with Gasteiger partial charge in [-0.15, -0.1) is 0 Å². The molecule has 0 aliphatic rings. The lowest BCUT2D eigenvalue weighted by molar-refractivity contribution is -0.105. The summed E-state index contributed by atoms with van der Waals surface area (Å²) in [6.45, 7) is 13.8. The van der Waals surface area contributed by atoms with Crippen LogP contribution in [0.3, 0.4) is 0 Å². The van der Waals surface area contributed by atoms with Gasteiger partial charge in [-0.05, 0) is 36.7 Å². The number of rotatable bonds is 7. The zero-order valence-electron chi connectivity index (χ0n) is 14.2. The largest absolute Gasteiger partial charge is 0.490 e. The number of ether oxygens (including phenoxy) is 1. The van der Waals surface area contributed by atoms with E-state index in [1.807, 2.05) is 6.92 Å². The molecule has 1 aromatic carbocycles. The van der Waals surface area contributed by atoms with Gasteiger partial charge in [0.1, 0.15) is 12.4 Å². The smallest absolute Gasteiger partial charge is 0.211 e. The molecule has 0 heterocycles. The van der Waals surface area contributed by atoms with Crippen molar-refractivity contribution in [3.05, 3.63) is 22.7 Å². The van der Waals surface area contributed by atoms with E-state index in [0.717, 1.165) is 5.56 Å². The Morgan fingerprint density at radius 3 is 2.45 bits per heavy atom. The minimum atomic E-state index is -1.76. The number of hydrogen-bond donors (Lipinski definition) is 1. The maximum absolute atomic E-state index is 10.6. The van der Waals surface area contributed by atoms with Crippen LogP contribution in [0.15, 0.2) is 12.1 Å². The molecule has 0 unspecified atom stereocenters. The van der Waals surface area contributed by atoms with Gasteiger partial charge in [-0.25, -0.2) is 0 Å². The van der Waals surface area contributed by atoms with Crippen molar-refractivity contribution in [2.45, 2.75) is 45.8 Å². The van der Waals surface area contributed by atoms with Crippen LogP contribution in [0.2, 0.25) is 23.2 Å². The van der Waals surface area contributed by atoms with E-state index < -0.39 is 8.32 Å². The Morgan fingerprint density at radius 2 is 1.91 bits per heavy atom. The number of halogens is 1. The quantitative estimate of drug-likeness (QED) is 0.446. The Hall–Kier alpha value is -1.04. The molecule has 4 nitrogen and oxygen atoms in total. The SMILES string of the molecule is Cc1cc(Cl)c(OCCO[Si](C)(C)C(C)(C)C)cc1NC=O. The average molecular weight is 344 g/mol. The van der Waals surface area contributed by atoms with Gasteiger partial charge in [0.25, 0.3) is 0 Å². The minimum absolute atomic E-state index is 0.176. The summed E-state index contributed by atoms with van der Waals surface area (Å²) in [6.07, 6.45) is 0.639. The topological polar surface area (TPSA) is 47.6 Å². The molecule has 1 N–H and O–H groups in total. The van der Waals surface area contributed by atoms with Gasteiger partial charge in [-0.2, -0.15) is 0 Å². The van der Waals surface area contributed by atoms with Crippen molar-refractivity contribution in [1.29, 1.82) is 0 Å². The lowest BCUT2D eigenvalue weighted by Gasteiger charge is -2.36. The normalized spacial score (nSPS) is 12.1. The zero-order valence-corrected chi connectivity index (χ0v) is 16.0. The molecule has 0 aliphatic carbocycles. The van der Waals surface area contributed by atoms with Gasteiger partial charge in [-0.3, -0.25) is 4.79 Å². The summed E-state index contributed by atoms with van der Waals surface area (Å²) in [6, 6.07) is 3.51. The highest BCUT2D eigenvalue weighted by Crippen LogP contribution is 2.36. The third-order valence-electron chi connectivity index (χ3n) is 4.10. The zero-order chi connectivity index (χ0) is 17.0. The summed E-state index contributed by atoms with van der Waals surface area (Å²) >= 11 is 6.17. The van der Waals surface area contributed by atoms with Crippen molar-refractivity contribution >= 4 is 32.0 Å². The first-order valence-electron chi connectivity index (χ1n) is 7.35. The van der Waals surface area contributed by atoms with Crippen molar-refractivity contribution < 1.29 is 14.0 Å². The fourth-order valence-electron chi connectivity index (χ4n) is 1.65. The van der Waals surface area contributed by atoms with Crippen LogP contribution in [0.1, 0.15) is 26.3 Å². The van der Waals surface area contributed by atoms with Gasteiger partial charge >= 0.3 is 0 Å². The second-order valence-electron chi connectivity index (χ2n) is 6.82. The van der Waals surface area contributed by atoms with Crippen LogP contribution in [-0.4, -0.2) is 27.9 Å². The summed E-state index contributed by atoms with van der Waals surface area (Å²) in [5.41, 5.74) is 1.58. The third kappa shape index (κ3) is 5.00. The standard InChI is InChI=1S/C16H26ClNO3Si/c1-12-9-13(17)15(10-14(12)18-11-19)20-7-8-21-22(5,6)16(2,3)4/h9-11H,7-8H2,1-6H3,(H,18,19). The number of carbonyl (C=O) groups is 1. The highest BCUT2D eigenvalue weighted by molar-refractivity contribution is 6.74. The van der Waals surface area contributed by atoms with Gasteiger partial charge in [0.15, 0.2) is 8.32 Å².